The van der Waals surface area contributed by atoms with Gasteiger partial charge in [-0.3, -0.25) is 4.79 Å². The second kappa shape index (κ2) is 9.58. The van der Waals surface area contributed by atoms with Gasteiger partial charge in [0.05, 0.1) is 11.3 Å². The number of carbonyl (C=O) groups excluding carboxylic acids is 1. The zero-order valence-corrected chi connectivity index (χ0v) is 18.9. The Bertz CT molecular complexity index is 1540. The summed E-state index contributed by atoms with van der Waals surface area (Å²) in [5.74, 6) is 0.0106. The van der Waals surface area contributed by atoms with Crippen LogP contribution in [0.2, 0.25) is 0 Å². The molecule has 0 aromatic heterocycles. The number of rotatable bonds is 5. The van der Waals surface area contributed by atoms with Gasteiger partial charge in [-0.25, -0.2) is 0 Å². The summed E-state index contributed by atoms with van der Waals surface area (Å²) in [4.78, 5) is 13.2. The average molecular weight is 483 g/mol. The fourth-order valence-electron chi connectivity index (χ4n) is 4.04. The maximum atomic E-state index is 13.5. The Kier molecular flexibility index (Phi) is 6.17. The summed E-state index contributed by atoms with van der Waals surface area (Å²) >= 11 is 0. The maximum absolute atomic E-state index is 13.5. The van der Waals surface area contributed by atoms with Crippen LogP contribution in [0.5, 0.6) is 11.5 Å². The van der Waals surface area contributed by atoms with Crippen LogP contribution >= 0.6 is 0 Å². The van der Waals surface area contributed by atoms with Crippen molar-refractivity contribution in [1.82, 2.24) is 0 Å². The van der Waals surface area contributed by atoms with E-state index in [1.807, 2.05) is 60.7 Å². The zero-order chi connectivity index (χ0) is 25.1. The molecule has 0 aliphatic carbocycles. The third-order valence-electron chi connectivity index (χ3n) is 5.78. The number of halogens is 3. The van der Waals surface area contributed by atoms with E-state index in [0.717, 1.165) is 28.6 Å². The summed E-state index contributed by atoms with van der Waals surface area (Å²) in [6, 6.07) is 32.3. The van der Waals surface area contributed by atoms with Crippen LogP contribution in [0, 0.1) is 0 Å². The summed E-state index contributed by atoms with van der Waals surface area (Å²) in [5, 5.41) is 4.19. The predicted molar refractivity (Wildman–Crippen MR) is 135 cm³/mol. The van der Waals surface area contributed by atoms with Crippen molar-refractivity contribution < 1.29 is 22.7 Å². The molecule has 0 unspecified atom stereocenters. The van der Waals surface area contributed by atoms with Gasteiger partial charge >= 0.3 is 6.18 Å². The van der Waals surface area contributed by atoms with Crippen molar-refractivity contribution in [1.29, 1.82) is 0 Å². The van der Waals surface area contributed by atoms with Gasteiger partial charge in [0.15, 0.2) is 5.75 Å². The van der Waals surface area contributed by atoms with Gasteiger partial charge in [-0.2, -0.15) is 13.2 Å². The maximum Gasteiger partial charge on any atom is 0.416 e. The van der Waals surface area contributed by atoms with Crippen LogP contribution in [0.4, 0.5) is 18.9 Å². The first-order valence-electron chi connectivity index (χ1n) is 11.2. The number of hydrogen-bond donors (Lipinski definition) is 1. The van der Waals surface area contributed by atoms with E-state index >= 15 is 0 Å². The molecule has 0 heterocycles. The normalized spacial score (nSPS) is 11.3. The lowest BCUT2D eigenvalue weighted by Gasteiger charge is -2.17. The number of anilines is 1. The number of benzene rings is 5. The fraction of sp³-hybridized carbons (Fsp3) is 0.0333. The summed E-state index contributed by atoms with van der Waals surface area (Å²) in [6.45, 7) is 0. The Hall–Kier alpha value is -4.58. The zero-order valence-electron chi connectivity index (χ0n) is 18.9. The Morgan fingerprint density at radius 1 is 0.694 bits per heavy atom. The van der Waals surface area contributed by atoms with E-state index in [9.17, 15) is 18.0 Å². The molecule has 1 N–H and O–H groups in total. The van der Waals surface area contributed by atoms with E-state index < -0.39 is 17.6 Å². The van der Waals surface area contributed by atoms with E-state index in [0.29, 0.717) is 16.7 Å². The van der Waals surface area contributed by atoms with Crippen molar-refractivity contribution in [3.63, 3.8) is 0 Å². The van der Waals surface area contributed by atoms with Crippen molar-refractivity contribution in [2.75, 3.05) is 5.32 Å². The number of para-hydroxylation sites is 1. The Balaban J connectivity index is 1.55. The first-order valence-corrected chi connectivity index (χ1v) is 11.2. The molecule has 3 nitrogen and oxygen atoms in total. The molecule has 0 radical (unpaired) electrons. The SMILES string of the molecule is O=C(Nc1cc(C(F)(F)F)ccc1Oc1ccccc1-c1ccccc1)c1cccc2ccccc12. The van der Waals surface area contributed by atoms with E-state index in [1.165, 1.54) is 6.07 Å². The van der Waals surface area contributed by atoms with E-state index in [-0.39, 0.29) is 11.4 Å². The molecule has 0 atom stereocenters. The van der Waals surface area contributed by atoms with Gasteiger partial charge in [-0.1, -0.05) is 84.9 Å². The van der Waals surface area contributed by atoms with Crippen molar-refractivity contribution in [3.05, 3.63) is 126 Å². The number of carbonyl (C=O) groups is 1. The smallest absolute Gasteiger partial charge is 0.416 e. The molecule has 36 heavy (non-hydrogen) atoms. The van der Waals surface area contributed by atoms with Gasteiger partial charge in [0.2, 0.25) is 0 Å². The van der Waals surface area contributed by atoms with Crippen molar-refractivity contribution >= 4 is 22.4 Å². The molecule has 5 aromatic carbocycles. The molecular formula is C30H20F3NO2. The predicted octanol–water partition coefficient (Wildman–Crippen LogP) is 8.57. The largest absolute Gasteiger partial charge is 0.455 e. The van der Waals surface area contributed by atoms with E-state index in [4.69, 9.17) is 4.74 Å². The minimum absolute atomic E-state index is 0.0781. The van der Waals surface area contributed by atoms with E-state index in [2.05, 4.69) is 5.32 Å². The Labute approximate surface area is 205 Å². The van der Waals surface area contributed by atoms with Gasteiger partial charge < -0.3 is 10.1 Å². The minimum atomic E-state index is -4.58. The lowest BCUT2D eigenvalue weighted by molar-refractivity contribution is -0.137. The first-order chi connectivity index (χ1) is 17.4. The molecule has 178 valence electrons. The highest BCUT2D eigenvalue weighted by molar-refractivity contribution is 6.13. The second-order valence-electron chi connectivity index (χ2n) is 8.15. The minimum Gasteiger partial charge on any atom is -0.455 e. The molecule has 6 heteroatoms. The lowest BCUT2D eigenvalue weighted by Crippen LogP contribution is -2.14. The number of ether oxygens (including phenoxy) is 1. The lowest BCUT2D eigenvalue weighted by atomic mass is 10.0. The molecule has 0 bridgehead atoms. The summed E-state index contributed by atoms with van der Waals surface area (Å²) < 4.78 is 46.7. The number of fused-ring (bicyclic) bond motifs is 1. The molecule has 5 aromatic rings. The number of nitrogens with one attached hydrogen (secondary N) is 1. The van der Waals surface area contributed by atoms with Crippen LogP contribution in [-0.2, 0) is 6.18 Å². The number of amides is 1. The van der Waals surface area contributed by atoms with E-state index in [1.54, 1.807) is 36.4 Å². The van der Waals surface area contributed by atoms with Crippen molar-refractivity contribution in [2.24, 2.45) is 0 Å². The highest BCUT2D eigenvalue weighted by Gasteiger charge is 2.31. The highest BCUT2D eigenvalue weighted by Crippen LogP contribution is 2.39. The molecular weight excluding hydrogens is 463 g/mol. The second-order valence-corrected chi connectivity index (χ2v) is 8.15. The van der Waals surface area contributed by atoms with Crippen LogP contribution in [0.1, 0.15) is 15.9 Å². The number of hydrogen-bond acceptors (Lipinski definition) is 2. The standard InChI is InChI=1S/C30H20F3NO2/c31-30(32,33)22-17-18-28(36-27-16-7-6-14-24(27)21-9-2-1-3-10-21)26(19-22)34-29(35)25-15-8-12-20-11-4-5-13-23(20)25/h1-19H,(H,34,35). The fourth-order valence-corrected chi connectivity index (χ4v) is 4.04. The molecule has 0 saturated heterocycles. The molecule has 5 rings (SSSR count). The van der Waals surface area contributed by atoms with Crippen LogP contribution < -0.4 is 10.1 Å². The monoisotopic (exact) mass is 483 g/mol. The molecule has 0 aliphatic heterocycles. The van der Waals surface area contributed by atoms with Gasteiger partial charge in [-0.15, -0.1) is 0 Å². The van der Waals surface area contributed by atoms with Crippen LogP contribution in [0.3, 0.4) is 0 Å². The molecule has 0 saturated carbocycles. The molecule has 0 fully saturated rings. The highest BCUT2D eigenvalue weighted by atomic mass is 19.4. The third-order valence-corrected chi connectivity index (χ3v) is 5.78. The van der Waals surface area contributed by atoms with Gasteiger partial charge in [0, 0.05) is 11.1 Å². The first kappa shape index (κ1) is 23.2. The number of alkyl halides is 3. The quantitative estimate of drug-likeness (QED) is 0.272. The van der Waals surface area contributed by atoms with Crippen LogP contribution in [0.25, 0.3) is 21.9 Å². The molecule has 0 spiro atoms. The molecule has 0 aliphatic rings. The molecule has 1 amide bonds. The van der Waals surface area contributed by atoms with Crippen molar-refractivity contribution in [3.8, 4) is 22.6 Å². The summed E-state index contributed by atoms with van der Waals surface area (Å²) in [5.41, 5.74) is 1.04. The Morgan fingerprint density at radius 2 is 1.39 bits per heavy atom. The average Bonchev–Trinajstić information content (AvgIpc) is 2.89. The summed E-state index contributed by atoms with van der Waals surface area (Å²) in [7, 11) is 0. The summed E-state index contributed by atoms with van der Waals surface area (Å²) in [6.07, 6.45) is -4.58. The third kappa shape index (κ3) is 4.79. The van der Waals surface area contributed by atoms with Crippen molar-refractivity contribution in [2.45, 2.75) is 6.18 Å². The van der Waals surface area contributed by atoms with Gasteiger partial charge in [-0.05, 0) is 46.7 Å². The Morgan fingerprint density at radius 3 is 2.19 bits per heavy atom. The van der Waals surface area contributed by atoms with Gasteiger partial charge in [0.1, 0.15) is 5.75 Å². The van der Waals surface area contributed by atoms with Crippen LogP contribution in [0.15, 0.2) is 115 Å². The topological polar surface area (TPSA) is 38.3 Å². The van der Waals surface area contributed by atoms with Gasteiger partial charge in [0.25, 0.3) is 5.91 Å². The van der Waals surface area contributed by atoms with Crippen LogP contribution in [-0.4, -0.2) is 5.91 Å².